The first-order valence-electron chi connectivity index (χ1n) is 8.24. The molecule has 0 bridgehead atoms. The molecule has 1 aliphatic heterocycles. The highest BCUT2D eigenvalue weighted by atomic mass is 32.1. The van der Waals surface area contributed by atoms with Gasteiger partial charge in [0.2, 0.25) is 0 Å². The first-order valence-corrected chi connectivity index (χ1v) is 9.05. The second-order valence-corrected chi connectivity index (χ2v) is 7.42. The van der Waals surface area contributed by atoms with Crippen LogP contribution in [0.1, 0.15) is 54.8 Å². The van der Waals surface area contributed by atoms with Crippen LogP contribution in [0.3, 0.4) is 0 Å². The summed E-state index contributed by atoms with van der Waals surface area (Å²) in [5.41, 5.74) is 1.55. The molecule has 1 fully saturated rings. The Bertz CT molecular complexity index is 392. The van der Waals surface area contributed by atoms with E-state index in [1.165, 1.54) is 48.5 Å². The summed E-state index contributed by atoms with van der Waals surface area (Å²) in [4.78, 5) is 5.65. The molecular formula is C17H30N2S. The maximum Gasteiger partial charge on any atom is 0.0299 e. The van der Waals surface area contributed by atoms with Crippen LogP contribution < -0.4 is 5.32 Å². The van der Waals surface area contributed by atoms with Crippen molar-refractivity contribution in [3.8, 4) is 0 Å². The highest BCUT2D eigenvalue weighted by molar-refractivity contribution is 7.12. The molecule has 1 aromatic heterocycles. The van der Waals surface area contributed by atoms with Crippen molar-refractivity contribution in [3.05, 3.63) is 21.4 Å². The van der Waals surface area contributed by atoms with Crippen molar-refractivity contribution in [2.45, 2.75) is 59.5 Å². The summed E-state index contributed by atoms with van der Waals surface area (Å²) in [5, 5.41) is 3.43. The largest absolute Gasteiger partial charge is 0.312 e. The Morgan fingerprint density at radius 1 is 1.30 bits per heavy atom. The molecule has 0 unspecified atom stereocenters. The fourth-order valence-electron chi connectivity index (χ4n) is 3.16. The lowest BCUT2D eigenvalue weighted by molar-refractivity contribution is 0.172. The van der Waals surface area contributed by atoms with Crippen molar-refractivity contribution in [3.63, 3.8) is 0 Å². The first kappa shape index (κ1) is 16.0. The minimum absolute atomic E-state index is 0.990. The molecule has 3 heteroatoms. The predicted octanol–water partition coefficient (Wildman–Crippen LogP) is 4.18. The van der Waals surface area contributed by atoms with Crippen LogP contribution in [0.25, 0.3) is 0 Å². The second kappa shape index (κ2) is 8.16. The number of piperidine rings is 1. The Kier molecular flexibility index (Phi) is 6.53. The molecule has 0 saturated carbocycles. The van der Waals surface area contributed by atoms with Crippen LogP contribution in [-0.2, 0) is 13.1 Å². The fraction of sp³-hybridized carbons (Fsp3) is 0.765. The zero-order valence-corrected chi connectivity index (χ0v) is 14.2. The number of nitrogens with zero attached hydrogens (tertiary/aromatic N) is 1. The van der Waals surface area contributed by atoms with Crippen LogP contribution in [0, 0.1) is 12.8 Å². The molecule has 1 saturated heterocycles. The van der Waals surface area contributed by atoms with Gasteiger partial charge in [0, 0.05) is 22.8 Å². The number of aryl methyl sites for hydroxylation is 1. The zero-order valence-electron chi connectivity index (χ0n) is 13.4. The van der Waals surface area contributed by atoms with E-state index < -0.39 is 0 Å². The van der Waals surface area contributed by atoms with Gasteiger partial charge in [-0.15, -0.1) is 11.3 Å². The Labute approximate surface area is 128 Å². The summed E-state index contributed by atoms with van der Waals surface area (Å²) in [7, 11) is 0. The van der Waals surface area contributed by atoms with Gasteiger partial charge in [-0.3, -0.25) is 4.90 Å². The molecule has 1 N–H and O–H groups in total. The molecule has 1 aliphatic rings. The fourth-order valence-corrected chi connectivity index (χ4v) is 4.19. The van der Waals surface area contributed by atoms with E-state index >= 15 is 0 Å². The topological polar surface area (TPSA) is 15.3 Å². The summed E-state index contributed by atoms with van der Waals surface area (Å²) < 4.78 is 0. The van der Waals surface area contributed by atoms with E-state index in [1.54, 1.807) is 5.56 Å². The highest BCUT2D eigenvalue weighted by Gasteiger charge is 2.19. The highest BCUT2D eigenvalue weighted by Crippen LogP contribution is 2.26. The maximum absolute atomic E-state index is 3.43. The molecule has 114 valence electrons. The third-order valence-electron chi connectivity index (χ3n) is 4.42. The van der Waals surface area contributed by atoms with Crippen molar-refractivity contribution in [1.82, 2.24) is 10.2 Å². The van der Waals surface area contributed by atoms with E-state index in [1.807, 2.05) is 11.3 Å². The average Bonchev–Trinajstić information content (AvgIpc) is 2.79. The van der Waals surface area contributed by atoms with Crippen molar-refractivity contribution < 1.29 is 0 Å². The number of likely N-dealkylation sites (tertiary alicyclic amines) is 1. The van der Waals surface area contributed by atoms with E-state index in [-0.39, 0.29) is 0 Å². The quantitative estimate of drug-likeness (QED) is 0.811. The van der Waals surface area contributed by atoms with Crippen LogP contribution in [0.5, 0.6) is 0 Å². The van der Waals surface area contributed by atoms with Crippen LogP contribution in [0.4, 0.5) is 0 Å². The van der Waals surface area contributed by atoms with Gasteiger partial charge in [0.05, 0.1) is 0 Å². The maximum atomic E-state index is 3.43. The average molecular weight is 295 g/mol. The SMILES string of the molecule is CCCC1CCN(Cc2cc(CNCC)sc2C)CC1. The van der Waals surface area contributed by atoms with Gasteiger partial charge < -0.3 is 5.32 Å². The molecule has 1 aromatic rings. The van der Waals surface area contributed by atoms with Gasteiger partial charge >= 0.3 is 0 Å². The van der Waals surface area contributed by atoms with Crippen molar-refractivity contribution in [1.29, 1.82) is 0 Å². The Balaban J connectivity index is 1.83. The van der Waals surface area contributed by atoms with Gasteiger partial charge in [-0.2, -0.15) is 0 Å². The van der Waals surface area contributed by atoms with Crippen LogP contribution in [-0.4, -0.2) is 24.5 Å². The summed E-state index contributed by atoms with van der Waals surface area (Å²) in [6, 6.07) is 2.42. The summed E-state index contributed by atoms with van der Waals surface area (Å²) in [5.74, 6) is 0.990. The summed E-state index contributed by atoms with van der Waals surface area (Å²) >= 11 is 1.96. The minimum atomic E-state index is 0.990. The molecule has 0 amide bonds. The van der Waals surface area contributed by atoms with E-state index in [0.29, 0.717) is 0 Å². The Hall–Kier alpha value is -0.380. The second-order valence-electron chi connectivity index (χ2n) is 6.08. The number of hydrogen-bond donors (Lipinski definition) is 1. The van der Waals surface area contributed by atoms with Gasteiger partial charge in [0.15, 0.2) is 0 Å². The van der Waals surface area contributed by atoms with Gasteiger partial charge in [-0.1, -0.05) is 26.7 Å². The molecule has 20 heavy (non-hydrogen) atoms. The zero-order chi connectivity index (χ0) is 14.4. The molecular weight excluding hydrogens is 264 g/mol. The monoisotopic (exact) mass is 294 g/mol. The smallest absolute Gasteiger partial charge is 0.0299 e. The third kappa shape index (κ3) is 4.57. The molecule has 0 radical (unpaired) electrons. The van der Waals surface area contributed by atoms with E-state index in [0.717, 1.165) is 25.6 Å². The number of nitrogens with one attached hydrogen (secondary N) is 1. The lowest BCUT2D eigenvalue weighted by Gasteiger charge is -2.31. The molecule has 0 aliphatic carbocycles. The Morgan fingerprint density at radius 3 is 2.70 bits per heavy atom. The van der Waals surface area contributed by atoms with Gasteiger partial charge in [-0.05, 0) is 56.9 Å². The molecule has 0 atom stereocenters. The van der Waals surface area contributed by atoms with E-state index in [9.17, 15) is 0 Å². The van der Waals surface area contributed by atoms with Crippen LogP contribution in [0.15, 0.2) is 6.07 Å². The predicted molar refractivity (Wildman–Crippen MR) is 89.3 cm³/mol. The van der Waals surface area contributed by atoms with Crippen LogP contribution in [0.2, 0.25) is 0 Å². The molecule has 2 heterocycles. The van der Waals surface area contributed by atoms with Crippen molar-refractivity contribution >= 4 is 11.3 Å². The van der Waals surface area contributed by atoms with Gasteiger partial charge in [0.1, 0.15) is 0 Å². The molecule has 0 spiro atoms. The van der Waals surface area contributed by atoms with E-state index in [2.05, 4.69) is 37.1 Å². The summed E-state index contributed by atoms with van der Waals surface area (Å²) in [6.07, 6.45) is 5.59. The lowest BCUT2D eigenvalue weighted by Crippen LogP contribution is -2.33. The third-order valence-corrected chi connectivity index (χ3v) is 5.51. The summed E-state index contributed by atoms with van der Waals surface area (Å²) in [6.45, 7) is 12.6. The number of rotatable bonds is 7. The minimum Gasteiger partial charge on any atom is -0.312 e. The standard InChI is InChI=1S/C17H30N2S/c1-4-6-15-7-9-19(10-8-15)13-16-11-17(12-18-5-2)20-14(16)3/h11,15,18H,4-10,12-13H2,1-3H3. The first-order chi connectivity index (χ1) is 9.72. The normalized spacial score (nSPS) is 17.8. The van der Waals surface area contributed by atoms with E-state index in [4.69, 9.17) is 0 Å². The van der Waals surface area contributed by atoms with Gasteiger partial charge in [0.25, 0.3) is 0 Å². The van der Waals surface area contributed by atoms with Crippen LogP contribution >= 0.6 is 11.3 Å². The molecule has 2 rings (SSSR count). The van der Waals surface area contributed by atoms with Gasteiger partial charge in [-0.25, -0.2) is 0 Å². The molecule has 2 nitrogen and oxygen atoms in total. The number of hydrogen-bond acceptors (Lipinski definition) is 3. The number of thiophene rings is 1. The van der Waals surface area contributed by atoms with Crippen molar-refractivity contribution in [2.75, 3.05) is 19.6 Å². The molecule has 0 aromatic carbocycles. The lowest BCUT2D eigenvalue weighted by atomic mass is 9.92. The van der Waals surface area contributed by atoms with Crippen molar-refractivity contribution in [2.24, 2.45) is 5.92 Å². The Morgan fingerprint density at radius 2 is 2.05 bits per heavy atom.